The van der Waals surface area contributed by atoms with Gasteiger partial charge in [-0.15, -0.1) is 0 Å². The summed E-state index contributed by atoms with van der Waals surface area (Å²) in [7, 11) is 0. The Morgan fingerprint density at radius 2 is 1.74 bits per heavy atom. The maximum Gasteiger partial charge on any atom is 0.261 e. The summed E-state index contributed by atoms with van der Waals surface area (Å²) in [5.74, 6) is -0.999. The molecular weight excluding hydrogens is 478 g/mol. The molecule has 0 radical (unpaired) electrons. The Hall–Kier alpha value is -3.09. The number of carbonyl (C=O) groups is 2. The van der Waals surface area contributed by atoms with Crippen LogP contribution in [0.1, 0.15) is 18.1 Å². The molecule has 34 heavy (non-hydrogen) atoms. The topological polar surface area (TPSA) is 58.6 Å². The number of rotatable bonds is 10. The molecule has 0 fully saturated rings. The molecule has 0 aliphatic rings. The van der Waals surface area contributed by atoms with Gasteiger partial charge in [-0.05, 0) is 36.8 Å². The van der Waals surface area contributed by atoms with Crippen LogP contribution in [0.15, 0.2) is 72.8 Å². The van der Waals surface area contributed by atoms with Gasteiger partial charge in [0.1, 0.15) is 17.6 Å². The van der Waals surface area contributed by atoms with Gasteiger partial charge in [0, 0.05) is 30.1 Å². The van der Waals surface area contributed by atoms with E-state index in [2.05, 4.69) is 5.32 Å². The summed E-state index contributed by atoms with van der Waals surface area (Å²) < 4.78 is 20.1. The van der Waals surface area contributed by atoms with E-state index in [0.717, 1.165) is 5.56 Å². The second kappa shape index (κ2) is 12.4. The van der Waals surface area contributed by atoms with Gasteiger partial charge in [0.25, 0.3) is 5.91 Å². The first-order chi connectivity index (χ1) is 16.4. The fourth-order valence-electron chi connectivity index (χ4n) is 3.47. The first kappa shape index (κ1) is 25.5. The number of nitrogens with one attached hydrogen (secondary N) is 1. The number of benzene rings is 3. The number of likely N-dealkylation sites (N-methyl/N-ethyl adjacent to an activating group) is 1. The average molecular weight is 503 g/mol. The third-order valence-electron chi connectivity index (χ3n) is 5.17. The molecule has 0 saturated carbocycles. The zero-order valence-electron chi connectivity index (χ0n) is 18.6. The van der Waals surface area contributed by atoms with Crippen molar-refractivity contribution in [2.24, 2.45) is 0 Å². The van der Waals surface area contributed by atoms with Crippen LogP contribution in [-0.2, 0) is 22.6 Å². The zero-order chi connectivity index (χ0) is 24.5. The fourth-order valence-corrected chi connectivity index (χ4v) is 3.93. The normalized spacial score (nSPS) is 11.5. The van der Waals surface area contributed by atoms with Crippen molar-refractivity contribution >= 4 is 35.0 Å². The van der Waals surface area contributed by atoms with Crippen LogP contribution in [0.2, 0.25) is 10.0 Å². The molecule has 3 aromatic carbocycles. The number of amides is 2. The van der Waals surface area contributed by atoms with Crippen LogP contribution < -0.4 is 10.1 Å². The van der Waals surface area contributed by atoms with Crippen molar-refractivity contribution in [2.45, 2.75) is 25.9 Å². The smallest absolute Gasteiger partial charge is 0.261 e. The number of ether oxygens (including phenoxy) is 1. The van der Waals surface area contributed by atoms with Crippen molar-refractivity contribution in [3.8, 4) is 5.75 Å². The third kappa shape index (κ3) is 6.95. The van der Waals surface area contributed by atoms with Crippen molar-refractivity contribution in [3.63, 3.8) is 0 Å². The largest absolute Gasteiger partial charge is 0.482 e. The lowest BCUT2D eigenvalue weighted by atomic mass is 10.0. The van der Waals surface area contributed by atoms with Gasteiger partial charge < -0.3 is 15.0 Å². The molecule has 0 heterocycles. The van der Waals surface area contributed by atoms with E-state index in [0.29, 0.717) is 17.1 Å². The van der Waals surface area contributed by atoms with Gasteiger partial charge in [-0.3, -0.25) is 9.59 Å². The molecule has 1 atom stereocenters. The lowest BCUT2D eigenvalue weighted by molar-refractivity contribution is -0.142. The maximum atomic E-state index is 14.5. The average Bonchev–Trinajstić information content (AvgIpc) is 2.82. The minimum atomic E-state index is -0.876. The first-order valence-corrected chi connectivity index (χ1v) is 11.6. The number of carbonyl (C=O) groups excluding carboxylic acids is 2. The van der Waals surface area contributed by atoms with E-state index >= 15 is 0 Å². The van der Waals surface area contributed by atoms with Crippen molar-refractivity contribution < 1.29 is 18.7 Å². The number of halogens is 3. The molecule has 0 aliphatic carbocycles. The Morgan fingerprint density at radius 1 is 1.03 bits per heavy atom. The Balaban J connectivity index is 1.91. The van der Waals surface area contributed by atoms with Crippen LogP contribution in [0.3, 0.4) is 0 Å². The molecule has 2 amide bonds. The van der Waals surface area contributed by atoms with Gasteiger partial charge in [-0.2, -0.15) is 0 Å². The van der Waals surface area contributed by atoms with Crippen LogP contribution in [0, 0.1) is 5.82 Å². The summed E-state index contributed by atoms with van der Waals surface area (Å²) in [5, 5.41) is 3.48. The molecule has 0 bridgehead atoms. The standard InChI is InChI=1S/C26H25Cl2FN2O3/c1-2-30-26(33)23(14-18-8-4-3-5-9-18)31(16-19-10-6-7-11-22(19)29)25(32)17-34-24-13-12-20(27)15-21(24)28/h3-13,15,23H,2,14,16-17H2,1H3,(H,30,33). The van der Waals surface area contributed by atoms with Gasteiger partial charge in [-0.25, -0.2) is 4.39 Å². The summed E-state index contributed by atoms with van der Waals surface area (Å²) in [6, 6.07) is 19.3. The van der Waals surface area contributed by atoms with Crippen molar-refractivity contribution in [1.29, 1.82) is 0 Å². The Labute approximate surface area is 208 Å². The minimum Gasteiger partial charge on any atom is -0.482 e. The molecule has 0 aliphatic heterocycles. The number of hydrogen-bond acceptors (Lipinski definition) is 3. The van der Waals surface area contributed by atoms with Crippen molar-refractivity contribution in [2.75, 3.05) is 13.2 Å². The molecule has 0 spiro atoms. The summed E-state index contributed by atoms with van der Waals surface area (Å²) in [4.78, 5) is 27.8. The quantitative estimate of drug-likeness (QED) is 0.409. The second-order valence-electron chi connectivity index (χ2n) is 7.58. The monoisotopic (exact) mass is 502 g/mol. The molecular formula is C26H25Cl2FN2O3. The van der Waals surface area contributed by atoms with Crippen LogP contribution in [-0.4, -0.2) is 35.9 Å². The molecule has 1 unspecified atom stereocenters. The van der Waals surface area contributed by atoms with E-state index in [9.17, 15) is 14.0 Å². The van der Waals surface area contributed by atoms with E-state index in [1.807, 2.05) is 30.3 Å². The summed E-state index contributed by atoms with van der Waals surface area (Å²) in [5.41, 5.74) is 1.16. The van der Waals surface area contributed by atoms with Crippen LogP contribution in [0.4, 0.5) is 4.39 Å². The van der Waals surface area contributed by atoms with Crippen molar-refractivity contribution in [1.82, 2.24) is 10.2 Å². The summed E-state index contributed by atoms with van der Waals surface area (Å²) >= 11 is 12.1. The van der Waals surface area contributed by atoms with Crippen LogP contribution >= 0.6 is 23.2 Å². The minimum absolute atomic E-state index is 0.0994. The predicted octanol–water partition coefficient (Wildman–Crippen LogP) is 5.29. The highest BCUT2D eigenvalue weighted by molar-refractivity contribution is 6.35. The fraction of sp³-hybridized carbons (Fsp3) is 0.231. The van der Waals surface area contributed by atoms with Gasteiger partial charge in [0.05, 0.1) is 5.02 Å². The molecule has 3 aromatic rings. The van der Waals surface area contributed by atoms with Gasteiger partial charge in [0.15, 0.2) is 6.61 Å². The van der Waals surface area contributed by atoms with Gasteiger partial charge in [-0.1, -0.05) is 71.7 Å². The molecule has 8 heteroatoms. The van der Waals surface area contributed by atoms with E-state index < -0.39 is 17.8 Å². The molecule has 0 aromatic heterocycles. The van der Waals surface area contributed by atoms with Crippen LogP contribution in [0.25, 0.3) is 0 Å². The Kier molecular flexibility index (Phi) is 9.31. The molecule has 3 rings (SSSR count). The van der Waals surface area contributed by atoms with Gasteiger partial charge >= 0.3 is 0 Å². The number of hydrogen-bond donors (Lipinski definition) is 1. The number of nitrogens with zero attached hydrogens (tertiary/aromatic N) is 1. The highest BCUT2D eigenvalue weighted by atomic mass is 35.5. The maximum absolute atomic E-state index is 14.5. The Morgan fingerprint density at radius 3 is 2.41 bits per heavy atom. The van der Waals surface area contributed by atoms with E-state index in [4.69, 9.17) is 27.9 Å². The molecule has 0 saturated heterocycles. The lowest BCUT2D eigenvalue weighted by Gasteiger charge is -2.31. The second-order valence-corrected chi connectivity index (χ2v) is 8.42. The highest BCUT2D eigenvalue weighted by Crippen LogP contribution is 2.27. The molecule has 178 valence electrons. The van der Waals surface area contributed by atoms with E-state index in [-0.39, 0.29) is 36.3 Å². The Bertz CT molecular complexity index is 1130. The van der Waals surface area contributed by atoms with Gasteiger partial charge in [0.2, 0.25) is 5.91 Å². The van der Waals surface area contributed by atoms with Crippen LogP contribution in [0.5, 0.6) is 5.75 Å². The van der Waals surface area contributed by atoms with Crippen molar-refractivity contribution in [3.05, 3.63) is 99.8 Å². The lowest BCUT2D eigenvalue weighted by Crippen LogP contribution is -2.51. The summed E-state index contributed by atoms with van der Waals surface area (Å²) in [6.07, 6.45) is 0.258. The first-order valence-electron chi connectivity index (χ1n) is 10.8. The predicted molar refractivity (Wildman–Crippen MR) is 132 cm³/mol. The summed E-state index contributed by atoms with van der Waals surface area (Å²) in [6.45, 7) is 1.70. The van der Waals surface area contributed by atoms with E-state index in [1.54, 1.807) is 37.3 Å². The SMILES string of the molecule is CCNC(=O)C(Cc1ccccc1)N(Cc1ccccc1F)C(=O)COc1ccc(Cl)cc1Cl. The highest BCUT2D eigenvalue weighted by Gasteiger charge is 2.31. The third-order valence-corrected chi connectivity index (χ3v) is 5.70. The van der Waals surface area contributed by atoms with E-state index in [1.165, 1.54) is 17.0 Å². The molecule has 1 N–H and O–H groups in total. The zero-order valence-corrected chi connectivity index (χ0v) is 20.2. The molecule has 5 nitrogen and oxygen atoms in total.